The fraction of sp³-hybridized carbons (Fsp3) is 0.308. The summed E-state index contributed by atoms with van der Waals surface area (Å²) in [6, 6.07) is 4.10. The van der Waals surface area contributed by atoms with E-state index in [0.717, 1.165) is 23.9 Å². The molecule has 3 rings (SSSR count). The van der Waals surface area contributed by atoms with E-state index in [1.165, 1.54) is 33.7 Å². The predicted molar refractivity (Wildman–Crippen MR) is 87.6 cm³/mol. The van der Waals surface area contributed by atoms with Crippen LogP contribution in [0.2, 0.25) is 0 Å². The third-order valence-corrected chi connectivity index (χ3v) is 5.01. The lowest BCUT2D eigenvalue weighted by atomic mass is 10.3. The van der Waals surface area contributed by atoms with Gasteiger partial charge in [0.15, 0.2) is 5.16 Å². The average Bonchev–Trinajstić information content (AvgIpc) is 3.26. The van der Waals surface area contributed by atoms with Gasteiger partial charge in [0.2, 0.25) is 0 Å². The molecule has 8 nitrogen and oxygen atoms in total. The van der Waals surface area contributed by atoms with Crippen LogP contribution in [0.25, 0.3) is 0 Å². The molecule has 0 aromatic carbocycles. The average molecular weight is 350 g/mol. The Hall–Kier alpha value is -2.20. The van der Waals surface area contributed by atoms with Crippen LogP contribution in [0.15, 0.2) is 35.1 Å². The second kappa shape index (κ2) is 6.92. The van der Waals surface area contributed by atoms with E-state index in [-0.39, 0.29) is 5.69 Å². The first-order chi connectivity index (χ1) is 11.2. The molecule has 0 radical (unpaired) electrons. The summed E-state index contributed by atoms with van der Waals surface area (Å²) in [5.41, 5.74) is -0.0130. The molecule has 0 amide bonds. The Morgan fingerprint density at radius 3 is 2.96 bits per heavy atom. The van der Waals surface area contributed by atoms with Crippen molar-refractivity contribution in [1.82, 2.24) is 24.5 Å². The van der Waals surface area contributed by atoms with Gasteiger partial charge in [-0.25, -0.2) is 0 Å². The molecule has 0 aliphatic rings. The SMILES string of the molecule is CCn1c(Cc2cccs2)nnc1SCn1cc([N+](=O)[O-])cn1. The quantitative estimate of drug-likeness (QED) is 0.370. The van der Waals surface area contributed by atoms with Gasteiger partial charge in [-0.05, 0) is 18.4 Å². The molecule has 0 unspecified atom stereocenters. The van der Waals surface area contributed by atoms with Gasteiger partial charge in [0.25, 0.3) is 0 Å². The molecule has 3 aromatic heterocycles. The van der Waals surface area contributed by atoms with Gasteiger partial charge in [0, 0.05) is 17.8 Å². The van der Waals surface area contributed by atoms with Crippen molar-refractivity contribution in [2.45, 2.75) is 30.9 Å². The normalized spacial score (nSPS) is 11.0. The Kier molecular flexibility index (Phi) is 4.72. The number of nitrogens with zero attached hydrogens (tertiary/aromatic N) is 6. The minimum atomic E-state index is -0.457. The summed E-state index contributed by atoms with van der Waals surface area (Å²) in [6.45, 7) is 2.82. The van der Waals surface area contributed by atoms with Gasteiger partial charge in [-0.15, -0.1) is 21.5 Å². The summed E-state index contributed by atoms with van der Waals surface area (Å²) in [7, 11) is 0. The van der Waals surface area contributed by atoms with Crippen molar-refractivity contribution >= 4 is 28.8 Å². The van der Waals surface area contributed by atoms with E-state index in [2.05, 4.69) is 25.9 Å². The first-order valence-corrected chi connectivity index (χ1v) is 8.78. The number of rotatable bonds is 7. The van der Waals surface area contributed by atoms with Crippen LogP contribution >= 0.6 is 23.1 Å². The molecule has 0 saturated heterocycles. The van der Waals surface area contributed by atoms with E-state index in [4.69, 9.17) is 0 Å². The highest BCUT2D eigenvalue weighted by Crippen LogP contribution is 2.22. The van der Waals surface area contributed by atoms with Crippen molar-refractivity contribution in [2.24, 2.45) is 0 Å². The molecule has 23 heavy (non-hydrogen) atoms. The fourth-order valence-electron chi connectivity index (χ4n) is 2.08. The van der Waals surface area contributed by atoms with E-state index in [0.29, 0.717) is 5.88 Å². The van der Waals surface area contributed by atoms with Crippen molar-refractivity contribution in [2.75, 3.05) is 0 Å². The Balaban J connectivity index is 1.70. The zero-order valence-corrected chi connectivity index (χ0v) is 14.0. The molecule has 120 valence electrons. The third kappa shape index (κ3) is 3.59. The van der Waals surface area contributed by atoms with Crippen LogP contribution in [-0.2, 0) is 18.8 Å². The fourth-order valence-corrected chi connectivity index (χ4v) is 3.66. The largest absolute Gasteiger partial charge is 0.307 e. The number of aromatic nitrogens is 5. The summed E-state index contributed by atoms with van der Waals surface area (Å²) >= 11 is 3.15. The van der Waals surface area contributed by atoms with Crippen LogP contribution in [-0.4, -0.2) is 29.5 Å². The summed E-state index contributed by atoms with van der Waals surface area (Å²) in [6.07, 6.45) is 3.41. The van der Waals surface area contributed by atoms with Crippen molar-refractivity contribution < 1.29 is 4.92 Å². The molecule has 0 fully saturated rings. The van der Waals surface area contributed by atoms with Crippen LogP contribution in [0, 0.1) is 10.1 Å². The Morgan fingerprint density at radius 1 is 1.43 bits per heavy atom. The maximum absolute atomic E-state index is 10.7. The number of thiophene rings is 1. The van der Waals surface area contributed by atoms with E-state index >= 15 is 0 Å². The molecule has 10 heteroatoms. The molecule has 0 bridgehead atoms. The van der Waals surface area contributed by atoms with Gasteiger partial charge in [-0.1, -0.05) is 17.8 Å². The molecule has 0 aliphatic carbocycles. The van der Waals surface area contributed by atoms with Gasteiger partial charge in [0.1, 0.15) is 18.2 Å². The monoisotopic (exact) mass is 350 g/mol. The summed E-state index contributed by atoms with van der Waals surface area (Å²) in [5, 5.41) is 26.0. The molecule has 0 atom stereocenters. The minimum Gasteiger partial charge on any atom is -0.306 e. The topological polar surface area (TPSA) is 91.7 Å². The van der Waals surface area contributed by atoms with Gasteiger partial charge < -0.3 is 4.57 Å². The molecule has 0 saturated carbocycles. The first-order valence-electron chi connectivity index (χ1n) is 6.91. The highest BCUT2D eigenvalue weighted by atomic mass is 32.2. The lowest BCUT2D eigenvalue weighted by Crippen LogP contribution is -2.04. The molecule has 0 spiro atoms. The van der Waals surface area contributed by atoms with Crippen molar-refractivity contribution in [1.29, 1.82) is 0 Å². The van der Waals surface area contributed by atoms with Crippen molar-refractivity contribution in [3.8, 4) is 0 Å². The Labute approximate surface area is 140 Å². The van der Waals surface area contributed by atoms with E-state index in [1.807, 2.05) is 18.4 Å². The number of hydrogen-bond acceptors (Lipinski definition) is 7. The van der Waals surface area contributed by atoms with Gasteiger partial charge in [-0.2, -0.15) is 5.10 Å². The van der Waals surface area contributed by atoms with E-state index in [9.17, 15) is 10.1 Å². The van der Waals surface area contributed by atoms with Crippen LogP contribution in [0.5, 0.6) is 0 Å². The van der Waals surface area contributed by atoms with Crippen molar-refractivity contribution in [3.63, 3.8) is 0 Å². The van der Waals surface area contributed by atoms with Crippen LogP contribution in [0.1, 0.15) is 17.6 Å². The minimum absolute atomic E-state index is 0.0130. The Morgan fingerprint density at radius 2 is 2.30 bits per heavy atom. The van der Waals surface area contributed by atoms with Gasteiger partial charge >= 0.3 is 5.69 Å². The van der Waals surface area contributed by atoms with Gasteiger partial charge in [-0.3, -0.25) is 14.8 Å². The maximum Gasteiger partial charge on any atom is 0.307 e. The lowest BCUT2D eigenvalue weighted by Gasteiger charge is -2.06. The van der Waals surface area contributed by atoms with E-state index < -0.39 is 4.92 Å². The predicted octanol–water partition coefficient (Wildman–Crippen LogP) is 2.80. The maximum atomic E-state index is 10.7. The Bertz CT molecular complexity index is 795. The standard InChI is InChI=1S/C13H14N6O2S2/c1-2-18-12(6-11-4-3-5-22-11)15-16-13(18)23-9-17-8-10(7-14-17)19(20)21/h3-5,7-8H,2,6,9H2,1H3. The third-order valence-electron chi connectivity index (χ3n) is 3.18. The number of hydrogen-bond donors (Lipinski definition) is 0. The smallest absolute Gasteiger partial charge is 0.306 e. The number of nitro groups is 1. The lowest BCUT2D eigenvalue weighted by molar-refractivity contribution is -0.385. The van der Waals surface area contributed by atoms with Crippen LogP contribution in [0.4, 0.5) is 5.69 Å². The number of thioether (sulfide) groups is 1. The first kappa shape index (κ1) is 15.7. The summed E-state index contributed by atoms with van der Waals surface area (Å²) in [4.78, 5) is 11.4. The summed E-state index contributed by atoms with van der Waals surface area (Å²) < 4.78 is 3.58. The second-order valence-corrected chi connectivity index (χ2v) is 6.61. The molecule has 3 aromatic rings. The molecule has 3 heterocycles. The molecular weight excluding hydrogens is 336 g/mol. The van der Waals surface area contributed by atoms with Crippen LogP contribution in [0.3, 0.4) is 0 Å². The molecule has 0 N–H and O–H groups in total. The summed E-state index contributed by atoms with van der Waals surface area (Å²) in [5.74, 6) is 1.37. The zero-order chi connectivity index (χ0) is 16.2. The molecule has 0 aliphatic heterocycles. The van der Waals surface area contributed by atoms with Crippen LogP contribution < -0.4 is 0 Å². The van der Waals surface area contributed by atoms with E-state index in [1.54, 1.807) is 11.3 Å². The van der Waals surface area contributed by atoms with Gasteiger partial charge in [0.05, 0.1) is 10.8 Å². The zero-order valence-electron chi connectivity index (χ0n) is 12.3. The highest BCUT2D eigenvalue weighted by Gasteiger charge is 2.14. The molecular formula is C13H14N6O2S2. The highest BCUT2D eigenvalue weighted by molar-refractivity contribution is 7.98. The van der Waals surface area contributed by atoms with Crippen molar-refractivity contribution in [3.05, 3.63) is 50.7 Å². The second-order valence-electron chi connectivity index (χ2n) is 4.67.